The zero-order valence-electron chi connectivity index (χ0n) is 16.1. The molecule has 1 unspecified atom stereocenters. The molecule has 1 fully saturated rings. The summed E-state index contributed by atoms with van der Waals surface area (Å²) >= 11 is 0. The van der Waals surface area contributed by atoms with Gasteiger partial charge in [0.1, 0.15) is 5.82 Å². The van der Waals surface area contributed by atoms with Crippen LogP contribution >= 0.6 is 0 Å². The van der Waals surface area contributed by atoms with Crippen molar-refractivity contribution >= 4 is 21.7 Å². The van der Waals surface area contributed by atoms with Gasteiger partial charge in [0.2, 0.25) is 15.9 Å². The second-order valence-electron chi connectivity index (χ2n) is 6.87. The number of nitrogens with zero attached hydrogens (tertiary/aromatic N) is 3. The van der Waals surface area contributed by atoms with E-state index in [1.54, 1.807) is 6.20 Å². The molecule has 30 heavy (non-hydrogen) atoms. The molecule has 162 valence electrons. The number of alkyl halides is 3. The van der Waals surface area contributed by atoms with E-state index in [1.165, 1.54) is 11.8 Å². The Morgan fingerprint density at radius 2 is 1.80 bits per heavy atom. The molecule has 0 bridgehead atoms. The molecule has 1 N–H and O–H groups in total. The standard InChI is InChI=1S/C19H21F3N4O3S/c1-14(24-30(28,29)16-6-4-5-15(13-16)19(20,21)22)18(27)26-11-9-25(10-12-26)17-7-2-3-8-23-17/h2-8,13-14,24H,9-12H2,1H3. The third-order valence-corrected chi connectivity index (χ3v) is 6.28. The van der Waals surface area contributed by atoms with E-state index < -0.39 is 38.6 Å². The summed E-state index contributed by atoms with van der Waals surface area (Å²) in [5.41, 5.74) is -1.07. The summed E-state index contributed by atoms with van der Waals surface area (Å²) in [6.45, 7) is 3.21. The number of hydrogen-bond donors (Lipinski definition) is 1. The van der Waals surface area contributed by atoms with Crippen LogP contribution in [0.25, 0.3) is 0 Å². The van der Waals surface area contributed by atoms with Crippen LogP contribution in [0.3, 0.4) is 0 Å². The van der Waals surface area contributed by atoms with Crippen LogP contribution in [0, 0.1) is 0 Å². The molecule has 1 aromatic heterocycles. The zero-order chi connectivity index (χ0) is 21.9. The van der Waals surface area contributed by atoms with Gasteiger partial charge in [0.05, 0.1) is 16.5 Å². The molecular weight excluding hydrogens is 421 g/mol. The Morgan fingerprint density at radius 3 is 2.40 bits per heavy atom. The molecule has 0 radical (unpaired) electrons. The smallest absolute Gasteiger partial charge is 0.353 e. The minimum Gasteiger partial charge on any atom is -0.353 e. The number of piperazine rings is 1. The van der Waals surface area contributed by atoms with Crippen LogP contribution in [0.15, 0.2) is 53.6 Å². The van der Waals surface area contributed by atoms with Gasteiger partial charge in [-0.25, -0.2) is 13.4 Å². The van der Waals surface area contributed by atoms with E-state index in [0.29, 0.717) is 32.2 Å². The van der Waals surface area contributed by atoms with E-state index in [-0.39, 0.29) is 0 Å². The maximum atomic E-state index is 12.9. The molecule has 1 saturated heterocycles. The number of carbonyl (C=O) groups is 1. The number of anilines is 1. The molecule has 1 atom stereocenters. The average Bonchev–Trinajstić information content (AvgIpc) is 2.73. The summed E-state index contributed by atoms with van der Waals surface area (Å²) in [6.07, 6.45) is -2.99. The molecular formula is C19H21F3N4O3S. The van der Waals surface area contributed by atoms with Crippen molar-refractivity contribution in [3.8, 4) is 0 Å². The van der Waals surface area contributed by atoms with Crippen LogP contribution < -0.4 is 9.62 Å². The predicted octanol–water partition coefficient (Wildman–Crippen LogP) is 2.12. The van der Waals surface area contributed by atoms with E-state index in [2.05, 4.69) is 9.71 Å². The first kappa shape index (κ1) is 22.0. The number of hydrogen-bond acceptors (Lipinski definition) is 5. The molecule has 0 spiro atoms. The van der Waals surface area contributed by atoms with E-state index in [1.807, 2.05) is 23.1 Å². The fourth-order valence-electron chi connectivity index (χ4n) is 3.16. The number of rotatable bonds is 5. The second kappa shape index (κ2) is 8.60. The van der Waals surface area contributed by atoms with Gasteiger partial charge in [-0.15, -0.1) is 0 Å². The lowest BCUT2D eigenvalue weighted by Gasteiger charge is -2.36. The topological polar surface area (TPSA) is 82.6 Å². The van der Waals surface area contributed by atoms with Crippen molar-refractivity contribution in [3.05, 3.63) is 54.2 Å². The van der Waals surface area contributed by atoms with Crippen LogP contribution in [0.1, 0.15) is 12.5 Å². The Kier molecular flexibility index (Phi) is 6.32. The monoisotopic (exact) mass is 442 g/mol. The summed E-state index contributed by atoms with van der Waals surface area (Å²) in [5, 5.41) is 0. The number of carbonyl (C=O) groups excluding carboxylic acids is 1. The lowest BCUT2D eigenvalue weighted by Crippen LogP contribution is -2.54. The van der Waals surface area contributed by atoms with Crippen molar-refractivity contribution in [1.29, 1.82) is 0 Å². The highest BCUT2D eigenvalue weighted by Crippen LogP contribution is 2.30. The van der Waals surface area contributed by atoms with Gasteiger partial charge < -0.3 is 9.80 Å². The summed E-state index contributed by atoms with van der Waals surface area (Å²) in [4.78, 5) is 19.9. The van der Waals surface area contributed by atoms with Crippen LogP contribution in [0.2, 0.25) is 0 Å². The normalized spacial score (nSPS) is 16.4. The second-order valence-corrected chi connectivity index (χ2v) is 8.58. The van der Waals surface area contributed by atoms with E-state index in [9.17, 15) is 26.4 Å². The first-order valence-corrected chi connectivity index (χ1v) is 10.7. The quantitative estimate of drug-likeness (QED) is 0.767. The molecule has 11 heteroatoms. The number of halogens is 3. The Labute approximate surface area is 172 Å². The largest absolute Gasteiger partial charge is 0.416 e. The zero-order valence-corrected chi connectivity index (χ0v) is 16.9. The van der Waals surface area contributed by atoms with Crippen molar-refractivity contribution in [2.75, 3.05) is 31.1 Å². The number of pyridine rings is 1. The first-order chi connectivity index (χ1) is 14.1. The Balaban J connectivity index is 1.63. The lowest BCUT2D eigenvalue weighted by atomic mass is 10.2. The molecule has 7 nitrogen and oxygen atoms in total. The van der Waals surface area contributed by atoms with Crippen molar-refractivity contribution in [1.82, 2.24) is 14.6 Å². The van der Waals surface area contributed by atoms with Gasteiger partial charge >= 0.3 is 6.18 Å². The van der Waals surface area contributed by atoms with Gasteiger partial charge in [0.15, 0.2) is 0 Å². The summed E-state index contributed by atoms with van der Waals surface area (Å²) in [6, 6.07) is 7.82. The fraction of sp³-hybridized carbons (Fsp3) is 0.368. The number of sulfonamides is 1. The predicted molar refractivity (Wildman–Crippen MR) is 104 cm³/mol. The van der Waals surface area contributed by atoms with Crippen LogP contribution in [0.5, 0.6) is 0 Å². The van der Waals surface area contributed by atoms with Crippen LogP contribution in [0.4, 0.5) is 19.0 Å². The molecule has 1 aliphatic heterocycles. The maximum absolute atomic E-state index is 12.9. The Hall–Kier alpha value is -2.66. The fourth-order valence-corrected chi connectivity index (χ4v) is 4.40. The number of benzene rings is 1. The molecule has 0 aliphatic carbocycles. The van der Waals surface area contributed by atoms with Gasteiger partial charge in [-0.05, 0) is 37.3 Å². The third kappa shape index (κ3) is 5.08. The van der Waals surface area contributed by atoms with Gasteiger partial charge in [-0.3, -0.25) is 4.79 Å². The minimum atomic E-state index is -4.67. The van der Waals surface area contributed by atoms with Gasteiger partial charge in [0, 0.05) is 32.4 Å². The Morgan fingerprint density at radius 1 is 1.10 bits per heavy atom. The van der Waals surface area contributed by atoms with Crippen molar-refractivity contribution in [3.63, 3.8) is 0 Å². The number of aromatic nitrogens is 1. The molecule has 2 aromatic rings. The summed E-state index contributed by atoms with van der Waals surface area (Å²) < 4.78 is 65.7. The highest BCUT2D eigenvalue weighted by molar-refractivity contribution is 7.89. The highest BCUT2D eigenvalue weighted by Gasteiger charge is 2.33. The van der Waals surface area contributed by atoms with E-state index in [4.69, 9.17) is 0 Å². The molecule has 1 aliphatic rings. The van der Waals surface area contributed by atoms with Crippen molar-refractivity contribution < 1.29 is 26.4 Å². The lowest BCUT2D eigenvalue weighted by molar-refractivity contribution is -0.137. The molecule has 3 rings (SSSR count). The van der Waals surface area contributed by atoms with Crippen molar-refractivity contribution in [2.45, 2.75) is 24.0 Å². The number of nitrogens with one attached hydrogen (secondary N) is 1. The van der Waals surface area contributed by atoms with Gasteiger partial charge in [0.25, 0.3) is 0 Å². The maximum Gasteiger partial charge on any atom is 0.416 e. The average molecular weight is 442 g/mol. The molecule has 0 saturated carbocycles. The van der Waals surface area contributed by atoms with Gasteiger partial charge in [-0.1, -0.05) is 12.1 Å². The summed E-state index contributed by atoms with van der Waals surface area (Å²) in [5.74, 6) is 0.356. The highest BCUT2D eigenvalue weighted by atomic mass is 32.2. The molecule has 1 aromatic carbocycles. The van der Waals surface area contributed by atoms with E-state index >= 15 is 0 Å². The van der Waals surface area contributed by atoms with Crippen LogP contribution in [-0.2, 0) is 21.0 Å². The molecule has 1 amide bonds. The van der Waals surface area contributed by atoms with Crippen molar-refractivity contribution in [2.24, 2.45) is 0 Å². The van der Waals surface area contributed by atoms with Crippen LogP contribution in [-0.4, -0.2) is 56.4 Å². The SMILES string of the molecule is CC(NS(=O)(=O)c1cccc(C(F)(F)F)c1)C(=O)N1CCN(c2ccccn2)CC1. The first-order valence-electron chi connectivity index (χ1n) is 9.22. The van der Waals surface area contributed by atoms with E-state index in [0.717, 1.165) is 24.0 Å². The Bertz CT molecular complexity index is 992. The number of amides is 1. The molecule has 2 heterocycles. The minimum absolute atomic E-state index is 0.380. The third-order valence-electron chi connectivity index (χ3n) is 4.74. The van der Waals surface area contributed by atoms with Gasteiger partial charge in [-0.2, -0.15) is 17.9 Å². The summed E-state index contributed by atoms with van der Waals surface area (Å²) in [7, 11) is -4.30.